The number of esters is 1. The molecule has 3 rings (SSSR count). The summed E-state index contributed by atoms with van der Waals surface area (Å²) in [5.74, 6) is 0.493. The molecule has 0 spiro atoms. The number of rotatable bonds is 3. The Morgan fingerprint density at radius 3 is 2.78 bits per heavy atom. The second-order valence-corrected chi connectivity index (χ2v) is 5.09. The maximum absolute atomic E-state index is 12.0. The average molecular weight is 312 g/mol. The van der Waals surface area contributed by atoms with Gasteiger partial charge in [-0.25, -0.2) is 4.79 Å². The van der Waals surface area contributed by atoms with Crippen LogP contribution in [0.5, 0.6) is 11.5 Å². The van der Waals surface area contributed by atoms with Gasteiger partial charge in [0.2, 0.25) is 0 Å². The molecule has 118 valence electrons. The lowest BCUT2D eigenvalue weighted by Crippen LogP contribution is -2.18. The zero-order chi connectivity index (χ0) is 16.2. The number of anilines is 2. The van der Waals surface area contributed by atoms with Gasteiger partial charge in [0.25, 0.3) is 0 Å². The minimum absolute atomic E-state index is 0.275. The second kappa shape index (κ2) is 6.39. The van der Waals surface area contributed by atoms with Crippen LogP contribution in [0.2, 0.25) is 0 Å². The number of nitrogens with one attached hydrogen (secondary N) is 2. The first-order valence-electron chi connectivity index (χ1n) is 7.24. The summed E-state index contributed by atoms with van der Waals surface area (Å²) in [6, 6.07) is 12.3. The Bertz CT molecular complexity index is 758. The highest BCUT2D eigenvalue weighted by atomic mass is 16.6. The van der Waals surface area contributed by atoms with Gasteiger partial charge in [0.1, 0.15) is 11.5 Å². The number of benzene rings is 2. The highest BCUT2D eigenvalue weighted by Crippen LogP contribution is 2.29. The molecule has 0 fully saturated rings. The molecule has 2 aromatic rings. The van der Waals surface area contributed by atoms with E-state index in [0.29, 0.717) is 30.0 Å². The molecule has 0 unspecified atom stereocenters. The molecule has 2 N–H and O–H groups in total. The van der Waals surface area contributed by atoms with Gasteiger partial charge in [0.05, 0.1) is 6.42 Å². The van der Waals surface area contributed by atoms with E-state index in [1.165, 1.54) is 0 Å². The number of hydrogen-bond donors (Lipinski definition) is 2. The first-order chi connectivity index (χ1) is 11.1. The van der Waals surface area contributed by atoms with Gasteiger partial charge in [-0.1, -0.05) is 12.1 Å². The normalized spacial score (nSPS) is 12.8. The molecule has 2 aromatic carbocycles. The zero-order valence-corrected chi connectivity index (χ0v) is 12.6. The quantitative estimate of drug-likeness (QED) is 0.672. The number of fused-ring (bicyclic) bond motifs is 1. The van der Waals surface area contributed by atoms with Gasteiger partial charge in [-0.15, -0.1) is 0 Å². The van der Waals surface area contributed by atoms with Crippen LogP contribution in [0.15, 0.2) is 42.5 Å². The number of carbonyl (C=O) groups excluding carboxylic acids is 2. The molecule has 0 aromatic heterocycles. The number of carbonyl (C=O) groups is 2. The fourth-order valence-electron chi connectivity index (χ4n) is 2.31. The molecular formula is C17H16N2O4. The van der Waals surface area contributed by atoms with Gasteiger partial charge in [0, 0.05) is 24.5 Å². The molecule has 0 saturated heterocycles. The lowest BCUT2D eigenvalue weighted by molar-refractivity contribution is -0.135. The maximum Gasteiger partial charge on any atom is 0.417 e. The van der Waals surface area contributed by atoms with Crippen molar-refractivity contribution in [1.29, 1.82) is 0 Å². The predicted octanol–water partition coefficient (Wildman–Crippen LogP) is 3.19. The van der Waals surface area contributed by atoms with Crippen LogP contribution in [-0.4, -0.2) is 19.1 Å². The highest BCUT2D eigenvalue weighted by molar-refractivity contribution is 5.87. The Balaban J connectivity index is 1.68. The Kier molecular flexibility index (Phi) is 4.14. The van der Waals surface area contributed by atoms with Gasteiger partial charge in [-0.05, 0) is 36.2 Å². The summed E-state index contributed by atoms with van der Waals surface area (Å²) in [6.45, 7) is 0. The van der Waals surface area contributed by atoms with Crippen LogP contribution >= 0.6 is 0 Å². The standard InChI is InChI=1S/C17H16N2O4/c1-18-12-3-2-4-13(9-12)19-17(21)22-14-7-5-11-6-8-16(20)23-15(11)10-14/h2-5,7,9-10,18H,6,8H2,1H3,(H,19,21). The van der Waals surface area contributed by atoms with Gasteiger partial charge < -0.3 is 14.8 Å². The number of amides is 1. The summed E-state index contributed by atoms with van der Waals surface area (Å²) in [6.07, 6.45) is 0.396. The zero-order valence-electron chi connectivity index (χ0n) is 12.6. The van der Waals surface area contributed by atoms with E-state index in [-0.39, 0.29) is 5.97 Å². The Morgan fingerprint density at radius 1 is 1.13 bits per heavy atom. The third-order valence-corrected chi connectivity index (χ3v) is 3.47. The van der Waals surface area contributed by atoms with Crippen molar-refractivity contribution in [3.8, 4) is 11.5 Å². The van der Waals surface area contributed by atoms with Crippen LogP contribution < -0.4 is 20.1 Å². The molecular weight excluding hydrogens is 296 g/mol. The molecule has 6 nitrogen and oxygen atoms in total. The summed E-state index contributed by atoms with van der Waals surface area (Å²) in [7, 11) is 1.80. The van der Waals surface area contributed by atoms with Gasteiger partial charge in [-0.3, -0.25) is 10.1 Å². The van der Waals surface area contributed by atoms with Gasteiger partial charge >= 0.3 is 12.1 Å². The van der Waals surface area contributed by atoms with Crippen LogP contribution in [0.4, 0.5) is 16.2 Å². The van der Waals surface area contributed by atoms with Crippen LogP contribution in [0, 0.1) is 0 Å². The molecule has 0 radical (unpaired) electrons. The number of ether oxygens (including phenoxy) is 2. The molecule has 0 saturated carbocycles. The van der Waals surface area contributed by atoms with Crippen LogP contribution in [0.1, 0.15) is 12.0 Å². The van der Waals surface area contributed by atoms with E-state index in [1.54, 1.807) is 37.4 Å². The van der Waals surface area contributed by atoms with E-state index < -0.39 is 6.09 Å². The summed E-state index contributed by atoms with van der Waals surface area (Å²) in [5.41, 5.74) is 2.42. The van der Waals surface area contributed by atoms with Gasteiger partial charge in [0.15, 0.2) is 0 Å². The largest absolute Gasteiger partial charge is 0.426 e. The molecule has 1 aliphatic heterocycles. The Hall–Kier alpha value is -3.02. The third-order valence-electron chi connectivity index (χ3n) is 3.47. The Morgan fingerprint density at radius 2 is 1.96 bits per heavy atom. The van der Waals surface area contributed by atoms with E-state index in [9.17, 15) is 9.59 Å². The first kappa shape index (κ1) is 14.9. The van der Waals surface area contributed by atoms with Crippen molar-refractivity contribution in [1.82, 2.24) is 0 Å². The Labute approximate surface area is 133 Å². The van der Waals surface area contributed by atoms with Crippen molar-refractivity contribution >= 4 is 23.4 Å². The van der Waals surface area contributed by atoms with Crippen molar-refractivity contribution in [3.63, 3.8) is 0 Å². The summed E-state index contributed by atoms with van der Waals surface area (Å²) in [5, 5.41) is 5.63. The molecule has 1 heterocycles. The van der Waals surface area contributed by atoms with E-state index in [1.807, 2.05) is 12.1 Å². The molecule has 6 heteroatoms. The van der Waals surface area contributed by atoms with Crippen molar-refractivity contribution < 1.29 is 19.1 Å². The van der Waals surface area contributed by atoms with Crippen molar-refractivity contribution in [2.45, 2.75) is 12.8 Å². The van der Waals surface area contributed by atoms with Crippen molar-refractivity contribution in [2.24, 2.45) is 0 Å². The first-order valence-corrected chi connectivity index (χ1v) is 7.24. The van der Waals surface area contributed by atoms with Gasteiger partial charge in [-0.2, -0.15) is 0 Å². The van der Waals surface area contributed by atoms with Crippen LogP contribution in [0.3, 0.4) is 0 Å². The van der Waals surface area contributed by atoms with E-state index >= 15 is 0 Å². The lowest BCUT2D eigenvalue weighted by Gasteiger charge is -2.16. The fourth-order valence-corrected chi connectivity index (χ4v) is 2.31. The monoisotopic (exact) mass is 312 g/mol. The lowest BCUT2D eigenvalue weighted by atomic mass is 10.1. The smallest absolute Gasteiger partial charge is 0.417 e. The minimum Gasteiger partial charge on any atom is -0.426 e. The minimum atomic E-state index is -0.611. The van der Waals surface area contributed by atoms with Crippen LogP contribution in [0.25, 0.3) is 0 Å². The third kappa shape index (κ3) is 3.60. The van der Waals surface area contributed by atoms with E-state index in [0.717, 1.165) is 11.3 Å². The average Bonchev–Trinajstić information content (AvgIpc) is 2.54. The SMILES string of the molecule is CNc1cccc(NC(=O)Oc2ccc3c(c2)OC(=O)CC3)c1. The number of aryl methyl sites for hydroxylation is 1. The summed E-state index contributed by atoms with van der Waals surface area (Å²) >= 11 is 0. The molecule has 0 atom stereocenters. The predicted molar refractivity (Wildman–Crippen MR) is 86.0 cm³/mol. The fraction of sp³-hybridized carbons (Fsp3) is 0.176. The summed E-state index contributed by atoms with van der Waals surface area (Å²) < 4.78 is 10.4. The molecule has 23 heavy (non-hydrogen) atoms. The molecule has 0 bridgehead atoms. The molecule has 1 amide bonds. The van der Waals surface area contributed by atoms with Crippen molar-refractivity contribution in [2.75, 3.05) is 17.7 Å². The van der Waals surface area contributed by atoms with E-state index in [4.69, 9.17) is 9.47 Å². The number of hydrogen-bond acceptors (Lipinski definition) is 5. The maximum atomic E-state index is 12.0. The van der Waals surface area contributed by atoms with Crippen LogP contribution in [-0.2, 0) is 11.2 Å². The second-order valence-electron chi connectivity index (χ2n) is 5.09. The highest BCUT2D eigenvalue weighted by Gasteiger charge is 2.18. The van der Waals surface area contributed by atoms with Crippen molar-refractivity contribution in [3.05, 3.63) is 48.0 Å². The summed E-state index contributed by atoms with van der Waals surface area (Å²) in [4.78, 5) is 23.3. The molecule has 1 aliphatic rings. The topological polar surface area (TPSA) is 76.7 Å². The van der Waals surface area contributed by atoms with E-state index in [2.05, 4.69) is 10.6 Å². The molecule has 0 aliphatic carbocycles.